The number of rotatable bonds is 7. The van der Waals surface area contributed by atoms with Gasteiger partial charge in [-0.3, -0.25) is 4.90 Å². The van der Waals surface area contributed by atoms with Crippen LogP contribution in [0, 0.1) is 0 Å². The lowest BCUT2D eigenvalue weighted by atomic mass is 10.1. The fraction of sp³-hybridized carbons (Fsp3) is 0.692. The smallest absolute Gasteiger partial charge is 0.0578 e. The first-order valence-electron chi connectivity index (χ1n) is 6.34. The van der Waals surface area contributed by atoms with E-state index in [1.165, 1.54) is 9.35 Å². The molecular weight excluding hydrogens is 310 g/mol. The van der Waals surface area contributed by atoms with Crippen LogP contribution in [0.3, 0.4) is 0 Å². The van der Waals surface area contributed by atoms with Gasteiger partial charge in [-0.25, -0.2) is 0 Å². The van der Waals surface area contributed by atoms with Gasteiger partial charge in [0.05, 0.1) is 6.04 Å². The summed E-state index contributed by atoms with van der Waals surface area (Å²) >= 11 is 5.40. The Morgan fingerprint density at radius 1 is 1.44 bits per heavy atom. The minimum atomic E-state index is 0.305. The maximum atomic E-state index is 6.01. The summed E-state index contributed by atoms with van der Waals surface area (Å²) in [5, 5.41) is 2.12. The maximum Gasteiger partial charge on any atom is 0.0578 e. The number of likely N-dealkylation sites (N-methyl/N-ethyl adjacent to an activating group) is 2. The van der Waals surface area contributed by atoms with Crippen LogP contribution >= 0.6 is 27.3 Å². The van der Waals surface area contributed by atoms with Crippen molar-refractivity contribution in [1.29, 1.82) is 0 Å². The van der Waals surface area contributed by atoms with Crippen molar-refractivity contribution in [2.75, 3.05) is 33.7 Å². The maximum absolute atomic E-state index is 6.01. The van der Waals surface area contributed by atoms with E-state index >= 15 is 0 Å². The van der Waals surface area contributed by atoms with Gasteiger partial charge in [-0.05, 0) is 54.9 Å². The highest BCUT2D eigenvalue weighted by atomic mass is 79.9. The van der Waals surface area contributed by atoms with E-state index in [2.05, 4.69) is 65.1 Å². The van der Waals surface area contributed by atoms with Gasteiger partial charge in [0, 0.05) is 28.5 Å². The lowest BCUT2D eigenvalue weighted by molar-refractivity contribution is 0.132. The zero-order chi connectivity index (χ0) is 13.7. The van der Waals surface area contributed by atoms with Crippen molar-refractivity contribution in [3.8, 4) is 0 Å². The highest BCUT2D eigenvalue weighted by Crippen LogP contribution is 2.33. The summed E-state index contributed by atoms with van der Waals surface area (Å²) in [6.45, 7) is 7.20. The van der Waals surface area contributed by atoms with Crippen LogP contribution in [0.25, 0.3) is 0 Å². The molecule has 1 rings (SSSR count). The number of hydrogen-bond donors (Lipinski definition) is 1. The molecule has 0 saturated carbocycles. The van der Waals surface area contributed by atoms with Crippen molar-refractivity contribution < 1.29 is 0 Å². The molecule has 2 atom stereocenters. The molecule has 0 fully saturated rings. The van der Waals surface area contributed by atoms with E-state index in [1.54, 1.807) is 11.3 Å². The first-order chi connectivity index (χ1) is 8.51. The zero-order valence-corrected chi connectivity index (χ0v) is 14.1. The van der Waals surface area contributed by atoms with E-state index in [1.807, 2.05) is 0 Å². The van der Waals surface area contributed by atoms with Crippen LogP contribution in [0.4, 0.5) is 0 Å². The van der Waals surface area contributed by atoms with E-state index in [-0.39, 0.29) is 0 Å². The Morgan fingerprint density at radius 3 is 2.50 bits per heavy atom. The van der Waals surface area contributed by atoms with Crippen LogP contribution in [0.5, 0.6) is 0 Å². The molecule has 5 heteroatoms. The van der Waals surface area contributed by atoms with E-state index in [0.717, 1.165) is 13.1 Å². The molecule has 1 aromatic heterocycles. The zero-order valence-electron chi connectivity index (χ0n) is 11.7. The van der Waals surface area contributed by atoms with Crippen molar-refractivity contribution >= 4 is 27.3 Å². The van der Waals surface area contributed by atoms with Crippen LogP contribution in [-0.2, 0) is 0 Å². The highest BCUT2D eigenvalue weighted by molar-refractivity contribution is 9.10. The van der Waals surface area contributed by atoms with Gasteiger partial charge >= 0.3 is 0 Å². The Balaban J connectivity index is 2.87. The molecule has 0 radical (unpaired) electrons. The number of halogens is 1. The Hall–Kier alpha value is 0.0600. The van der Waals surface area contributed by atoms with Crippen LogP contribution in [-0.4, -0.2) is 49.6 Å². The molecule has 3 nitrogen and oxygen atoms in total. The van der Waals surface area contributed by atoms with Crippen molar-refractivity contribution in [3.63, 3.8) is 0 Å². The van der Waals surface area contributed by atoms with Crippen LogP contribution < -0.4 is 5.73 Å². The average molecular weight is 334 g/mol. The summed E-state index contributed by atoms with van der Waals surface area (Å²) in [7, 11) is 4.23. The van der Waals surface area contributed by atoms with Gasteiger partial charge in [0.1, 0.15) is 0 Å². The third-order valence-corrected chi connectivity index (χ3v) is 5.10. The van der Waals surface area contributed by atoms with Gasteiger partial charge in [-0.15, -0.1) is 11.3 Å². The van der Waals surface area contributed by atoms with E-state index in [9.17, 15) is 0 Å². The van der Waals surface area contributed by atoms with Gasteiger partial charge in [0.25, 0.3) is 0 Å². The highest BCUT2D eigenvalue weighted by Gasteiger charge is 2.25. The normalized spacial score (nSPS) is 15.3. The Bertz CT molecular complexity index is 354. The quantitative estimate of drug-likeness (QED) is 0.832. The third-order valence-electron chi connectivity index (χ3n) is 3.13. The second kappa shape index (κ2) is 7.60. The first-order valence-corrected chi connectivity index (χ1v) is 8.01. The van der Waals surface area contributed by atoms with Crippen molar-refractivity contribution in [2.45, 2.75) is 25.9 Å². The standard InChI is InChI=1S/C13H24BrN3S/c1-5-17(10(2)9-16(3)4)12(8-15)13-11(14)6-7-18-13/h6-7,10,12H,5,8-9,15H2,1-4H3. The summed E-state index contributed by atoms with van der Waals surface area (Å²) < 4.78 is 1.18. The molecule has 0 aliphatic carbocycles. The minimum Gasteiger partial charge on any atom is -0.329 e. The van der Waals surface area contributed by atoms with Gasteiger partial charge in [-0.2, -0.15) is 0 Å². The average Bonchev–Trinajstić information content (AvgIpc) is 2.70. The fourth-order valence-electron chi connectivity index (χ4n) is 2.41. The Labute approximate surface area is 123 Å². The van der Waals surface area contributed by atoms with Gasteiger partial charge in [-0.1, -0.05) is 6.92 Å². The molecule has 1 heterocycles. The monoisotopic (exact) mass is 333 g/mol. The summed E-state index contributed by atoms with van der Waals surface area (Å²) in [6.07, 6.45) is 0. The van der Waals surface area contributed by atoms with Crippen LogP contribution in [0.15, 0.2) is 15.9 Å². The molecule has 2 N–H and O–H groups in total. The predicted molar refractivity (Wildman–Crippen MR) is 84.2 cm³/mol. The molecule has 2 unspecified atom stereocenters. The molecule has 104 valence electrons. The molecule has 0 spiro atoms. The Kier molecular flexibility index (Phi) is 6.81. The minimum absolute atomic E-state index is 0.305. The topological polar surface area (TPSA) is 32.5 Å². The second-order valence-corrected chi connectivity index (χ2v) is 6.63. The molecule has 0 bridgehead atoms. The number of thiophene rings is 1. The molecular formula is C13H24BrN3S. The molecule has 0 saturated heterocycles. The molecule has 1 aromatic rings. The third kappa shape index (κ3) is 4.03. The molecule has 0 aliphatic rings. The van der Waals surface area contributed by atoms with Crippen molar-refractivity contribution in [3.05, 3.63) is 20.8 Å². The van der Waals surface area contributed by atoms with E-state index in [4.69, 9.17) is 5.73 Å². The summed E-state index contributed by atoms with van der Waals surface area (Å²) in [5.41, 5.74) is 6.01. The summed E-state index contributed by atoms with van der Waals surface area (Å²) in [4.78, 5) is 6.05. The first kappa shape index (κ1) is 16.1. The van der Waals surface area contributed by atoms with Gasteiger partial charge < -0.3 is 10.6 Å². The fourth-order valence-corrected chi connectivity index (χ4v) is 4.18. The van der Waals surface area contributed by atoms with Gasteiger partial charge in [0.15, 0.2) is 0 Å². The number of nitrogens with zero attached hydrogens (tertiary/aromatic N) is 2. The number of nitrogens with two attached hydrogens (primary N) is 1. The van der Waals surface area contributed by atoms with Crippen LogP contribution in [0.2, 0.25) is 0 Å². The molecule has 0 aromatic carbocycles. The second-order valence-electron chi connectivity index (χ2n) is 4.83. The predicted octanol–water partition coefficient (Wildman–Crippen LogP) is 2.78. The lowest BCUT2D eigenvalue weighted by Crippen LogP contribution is -2.44. The Morgan fingerprint density at radius 2 is 2.11 bits per heavy atom. The largest absolute Gasteiger partial charge is 0.329 e. The van der Waals surface area contributed by atoms with E-state index < -0.39 is 0 Å². The SMILES string of the molecule is CCN(C(C)CN(C)C)C(CN)c1sccc1Br. The summed E-state index contributed by atoms with van der Waals surface area (Å²) in [6, 6.07) is 2.90. The van der Waals surface area contributed by atoms with Crippen molar-refractivity contribution in [2.24, 2.45) is 5.73 Å². The number of hydrogen-bond acceptors (Lipinski definition) is 4. The lowest BCUT2D eigenvalue weighted by Gasteiger charge is -2.36. The van der Waals surface area contributed by atoms with E-state index in [0.29, 0.717) is 18.6 Å². The van der Waals surface area contributed by atoms with Crippen molar-refractivity contribution in [1.82, 2.24) is 9.80 Å². The van der Waals surface area contributed by atoms with Crippen LogP contribution in [0.1, 0.15) is 24.8 Å². The summed E-state index contributed by atoms with van der Waals surface area (Å²) in [5.74, 6) is 0. The molecule has 0 amide bonds. The van der Waals surface area contributed by atoms with Gasteiger partial charge in [0.2, 0.25) is 0 Å². The molecule has 18 heavy (non-hydrogen) atoms. The molecule has 0 aliphatic heterocycles.